The van der Waals surface area contributed by atoms with Crippen molar-refractivity contribution in [2.24, 2.45) is 0 Å². The second-order valence-electron chi connectivity index (χ2n) is 5.78. The van der Waals surface area contributed by atoms with E-state index in [0.29, 0.717) is 16.1 Å². The van der Waals surface area contributed by atoms with Crippen molar-refractivity contribution in [1.29, 1.82) is 0 Å². The Morgan fingerprint density at radius 3 is 2.42 bits per heavy atom. The smallest absolute Gasteiger partial charge is 0.266 e. The van der Waals surface area contributed by atoms with Crippen LogP contribution in [0.4, 0.5) is 0 Å². The Bertz CT molecular complexity index is 972. The summed E-state index contributed by atoms with van der Waals surface area (Å²) in [6.07, 6.45) is 0. The zero-order valence-corrected chi connectivity index (χ0v) is 14.7. The predicted molar refractivity (Wildman–Crippen MR) is 98.2 cm³/mol. The van der Waals surface area contributed by atoms with Crippen LogP contribution in [0.15, 0.2) is 52.4 Å². The molecular weight excluding hydrogens is 320 g/mol. The third-order valence-corrected chi connectivity index (χ3v) is 4.90. The van der Waals surface area contributed by atoms with Gasteiger partial charge in [0.1, 0.15) is 5.78 Å². The molecule has 0 fully saturated rings. The van der Waals surface area contributed by atoms with Crippen LogP contribution in [0.2, 0.25) is 0 Å². The van der Waals surface area contributed by atoms with Gasteiger partial charge in [-0.2, -0.15) is 0 Å². The van der Waals surface area contributed by atoms with Gasteiger partial charge in [-0.3, -0.25) is 14.2 Å². The molecule has 4 nitrogen and oxygen atoms in total. The molecule has 0 amide bonds. The van der Waals surface area contributed by atoms with Crippen LogP contribution in [-0.4, -0.2) is 21.1 Å². The van der Waals surface area contributed by atoms with Gasteiger partial charge >= 0.3 is 0 Å². The van der Waals surface area contributed by atoms with Gasteiger partial charge in [-0.1, -0.05) is 42.1 Å². The van der Waals surface area contributed by atoms with Crippen molar-refractivity contribution < 1.29 is 4.79 Å². The Morgan fingerprint density at radius 1 is 1.08 bits per heavy atom. The summed E-state index contributed by atoms with van der Waals surface area (Å²) < 4.78 is 1.64. The number of Topliss-reactive ketones (excluding diaryl/α,β-unsaturated/α-hetero) is 1. The number of aromatic nitrogens is 2. The summed E-state index contributed by atoms with van der Waals surface area (Å²) in [5, 5.41) is 1.12. The molecule has 0 N–H and O–H groups in total. The molecule has 0 unspecified atom stereocenters. The molecule has 0 bridgehead atoms. The highest BCUT2D eigenvalue weighted by Crippen LogP contribution is 2.25. The first-order valence-electron chi connectivity index (χ1n) is 7.69. The number of para-hydroxylation sites is 2. The van der Waals surface area contributed by atoms with E-state index in [1.165, 1.54) is 18.7 Å². The van der Waals surface area contributed by atoms with Gasteiger partial charge in [-0.15, -0.1) is 0 Å². The summed E-state index contributed by atoms with van der Waals surface area (Å²) in [7, 11) is 0. The zero-order valence-electron chi connectivity index (χ0n) is 13.9. The zero-order chi connectivity index (χ0) is 17.3. The number of ketones is 1. The Balaban J connectivity index is 2.35. The monoisotopic (exact) mass is 338 g/mol. The normalized spacial score (nSPS) is 11.0. The number of fused-ring (bicyclic) bond motifs is 1. The van der Waals surface area contributed by atoms with Gasteiger partial charge in [0.05, 0.1) is 22.3 Å². The van der Waals surface area contributed by atoms with Crippen LogP contribution in [0.25, 0.3) is 16.6 Å². The molecule has 3 aromatic rings. The van der Waals surface area contributed by atoms with E-state index in [2.05, 4.69) is 4.98 Å². The number of rotatable bonds is 4. The minimum atomic E-state index is -0.107. The molecule has 0 saturated carbocycles. The van der Waals surface area contributed by atoms with Crippen molar-refractivity contribution in [1.82, 2.24) is 9.55 Å². The van der Waals surface area contributed by atoms with Gasteiger partial charge in [-0.25, -0.2) is 4.98 Å². The number of nitrogens with zero attached hydrogens (tertiary/aromatic N) is 2. The molecule has 24 heavy (non-hydrogen) atoms. The maximum Gasteiger partial charge on any atom is 0.266 e. The highest BCUT2D eigenvalue weighted by atomic mass is 32.2. The summed E-state index contributed by atoms with van der Waals surface area (Å²) in [5.41, 5.74) is 3.38. The second-order valence-corrected chi connectivity index (χ2v) is 6.73. The highest BCUT2D eigenvalue weighted by Gasteiger charge is 2.16. The first-order valence-corrected chi connectivity index (χ1v) is 8.68. The van der Waals surface area contributed by atoms with Crippen molar-refractivity contribution in [3.63, 3.8) is 0 Å². The fourth-order valence-electron chi connectivity index (χ4n) is 2.73. The first-order chi connectivity index (χ1) is 11.5. The lowest BCUT2D eigenvalue weighted by molar-refractivity contribution is -0.114. The molecule has 3 rings (SSSR count). The van der Waals surface area contributed by atoms with Crippen LogP contribution in [0, 0.1) is 13.8 Å². The summed E-state index contributed by atoms with van der Waals surface area (Å²) in [6.45, 7) is 5.49. The Kier molecular flexibility index (Phi) is 4.53. The van der Waals surface area contributed by atoms with E-state index >= 15 is 0 Å². The number of carbonyl (C=O) groups excluding carboxylic acids is 1. The van der Waals surface area contributed by atoms with Crippen molar-refractivity contribution in [3.8, 4) is 5.69 Å². The average molecular weight is 338 g/mol. The molecule has 2 aromatic carbocycles. The molecule has 0 aliphatic heterocycles. The molecule has 0 saturated heterocycles. The maximum absolute atomic E-state index is 13.1. The van der Waals surface area contributed by atoms with E-state index in [4.69, 9.17) is 0 Å². The van der Waals surface area contributed by atoms with Crippen LogP contribution < -0.4 is 5.56 Å². The third-order valence-electron chi connectivity index (χ3n) is 3.81. The molecule has 1 aromatic heterocycles. The molecule has 0 spiro atoms. The summed E-state index contributed by atoms with van der Waals surface area (Å²) in [6, 6.07) is 13.2. The second kappa shape index (κ2) is 6.61. The Labute approximate surface area is 144 Å². The lowest BCUT2D eigenvalue weighted by atomic mass is 10.1. The summed E-state index contributed by atoms with van der Waals surface area (Å²) >= 11 is 1.30. The SMILES string of the molecule is CC(=O)CSc1nc2ccccc2c(=O)n1-c1c(C)cccc1C. The molecule has 0 atom stereocenters. The van der Waals surface area contributed by atoms with E-state index in [0.717, 1.165) is 16.8 Å². The van der Waals surface area contributed by atoms with Crippen molar-refractivity contribution >= 4 is 28.4 Å². The van der Waals surface area contributed by atoms with Crippen LogP contribution in [0.5, 0.6) is 0 Å². The topological polar surface area (TPSA) is 52.0 Å². The highest BCUT2D eigenvalue weighted by molar-refractivity contribution is 7.99. The van der Waals surface area contributed by atoms with Gasteiger partial charge < -0.3 is 0 Å². The number of hydrogen-bond donors (Lipinski definition) is 0. The fraction of sp³-hybridized carbons (Fsp3) is 0.211. The van der Waals surface area contributed by atoms with Gasteiger partial charge in [-0.05, 0) is 44.0 Å². The average Bonchev–Trinajstić information content (AvgIpc) is 2.55. The number of benzene rings is 2. The van der Waals surface area contributed by atoms with Gasteiger partial charge in [0.15, 0.2) is 5.16 Å². The Morgan fingerprint density at radius 2 is 1.75 bits per heavy atom. The molecule has 122 valence electrons. The number of hydrogen-bond acceptors (Lipinski definition) is 4. The van der Waals surface area contributed by atoms with Gasteiger partial charge in [0.2, 0.25) is 0 Å². The molecule has 5 heteroatoms. The van der Waals surface area contributed by atoms with E-state index in [-0.39, 0.29) is 17.1 Å². The minimum absolute atomic E-state index is 0.0514. The molecule has 0 aliphatic rings. The van der Waals surface area contributed by atoms with Crippen LogP contribution in [0.3, 0.4) is 0 Å². The van der Waals surface area contributed by atoms with E-state index in [9.17, 15) is 9.59 Å². The van der Waals surface area contributed by atoms with E-state index in [1.54, 1.807) is 10.6 Å². The van der Waals surface area contributed by atoms with Crippen molar-refractivity contribution in [2.45, 2.75) is 25.9 Å². The number of aryl methyl sites for hydroxylation is 2. The lowest BCUT2D eigenvalue weighted by Gasteiger charge is -2.17. The maximum atomic E-state index is 13.1. The summed E-state index contributed by atoms with van der Waals surface area (Å²) in [5.74, 6) is 0.339. The largest absolute Gasteiger partial charge is 0.299 e. The molecule has 0 aliphatic carbocycles. The number of thioether (sulfide) groups is 1. The van der Waals surface area contributed by atoms with Crippen LogP contribution in [-0.2, 0) is 4.79 Å². The predicted octanol–water partition coefficient (Wildman–Crippen LogP) is 3.68. The minimum Gasteiger partial charge on any atom is -0.299 e. The van der Waals surface area contributed by atoms with E-state index in [1.807, 2.05) is 50.2 Å². The lowest BCUT2D eigenvalue weighted by Crippen LogP contribution is -2.23. The fourth-order valence-corrected chi connectivity index (χ4v) is 3.53. The summed E-state index contributed by atoms with van der Waals surface area (Å²) in [4.78, 5) is 29.2. The van der Waals surface area contributed by atoms with Crippen molar-refractivity contribution in [3.05, 3.63) is 63.9 Å². The molecular formula is C19H18N2O2S. The van der Waals surface area contributed by atoms with E-state index < -0.39 is 0 Å². The quantitative estimate of drug-likeness (QED) is 0.538. The number of carbonyl (C=O) groups is 1. The van der Waals surface area contributed by atoms with Crippen LogP contribution in [0.1, 0.15) is 18.1 Å². The standard InChI is InChI=1S/C19H18N2O2S/c1-12-7-6-8-13(2)17(12)21-18(23)15-9-4-5-10-16(15)20-19(21)24-11-14(3)22/h4-10H,11H2,1-3H3. The van der Waals surface area contributed by atoms with Crippen molar-refractivity contribution in [2.75, 3.05) is 5.75 Å². The van der Waals surface area contributed by atoms with Gasteiger partial charge in [0, 0.05) is 0 Å². The molecule has 1 heterocycles. The first kappa shape index (κ1) is 16.5. The van der Waals surface area contributed by atoms with Crippen LogP contribution >= 0.6 is 11.8 Å². The van der Waals surface area contributed by atoms with Gasteiger partial charge in [0.25, 0.3) is 5.56 Å². The Hall–Kier alpha value is -2.40. The third kappa shape index (κ3) is 2.99. The molecule has 0 radical (unpaired) electrons.